The van der Waals surface area contributed by atoms with E-state index in [1.165, 1.54) is 11.1 Å². The van der Waals surface area contributed by atoms with Crippen LogP contribution in [0.4, 0.5) is 0 Å². The summed E-state index contributed by atoms with van der Waals surface area (Å²) in [6, 6.07) is 18.6. The van der Waals surface area contributed by atoms with Crippen LogP contribution in [-0.2, 0) is 11.2 Å². The van der Waals surface area contributed by atoms with Crippen LogP contribution < -0.4 is 15.8 Å². The molecule has 1 amide bonds. The minimum Gasteiger partial charge on any atom is -0.484 e. The number of carbonyl (C=O) groups is 1. The van der Waals surface area contributed by atoms with Crippen molar-refractivity contribution >= 4 is 11.9 Å². The number of hydrogen-bond acceptors (Lipinski definition) is 3. The second-order valence-corrected chi connectivity index (χ2v) is 7.85. The van der Waals surface area contributed by atoms with Crippen molar-refractivity contribution in [2.45, 2.75) is 25.7 Å². The molecule has 1 aliphatic heterocycles. The summed E-state index contributed by atoms with van der Waals surface area (Å²) in [6.07, 6.45) is 2.02. The van der Waals surface area contributed by atoms with Gasteiger partial charge in [0, 0.05) is 26.7 Å². The summed E-state index contributed by atoms with van der Waals surface area (Å²) in [7, 11) is 1.85. The first kappa shape index (κ1) is 21.7. The van der Waals surface area contributed by atoms with Crippen molar-refractivity contribution in [1.29, 1.82) is 0 Å². The van der Waals surface area contributed by atoms with Crippen LogP contribution in [0.15, 0.2) is 59.6 Å². The molecule has 0 bridgehead atoms. The maximum atomic E-state index is 10.8. The van der Waals surface area contributed by atoms with Crippen LogP contribution in [0.3, 0.4) is 0 Å². The molecule has 0 spiro atoms. The zero-order valence-electron chi connectivity index (χ0n) is 17.9. The van der Waals surface area contributed by atoms with Gasteiger partial charge >= 0.3 is 0 Å². The molecular formula is C24H32N4O2. The van der Waals surface area contributed by atoms with Crippen molar-refractivity contribution in [2.24, 2.45) is 16.6 Å². The third-order valence-corrected chi connectivity index (χ3v) is 5.65. The highest BCUT2D eigenvalue weighted by molar-refractivity contribution is 5.80. The zero-order chi connectivity index (χ0) is 21.3. The number of nitrogens with two attached hydrogens (primary N) is 1. The van der Waals surface area contributed by atoms with Crippen LogP contribution in [0.25, 0.3) is 0 Å². The lowest BCUT2D eigenvalue weighted by Crippen LogP contribution is -2.48. The Hall–Kier alpha value is -3.02. The second kappa shape index (κ2) is 10.7. The number of primary amides is 1. The highest BCUT2D eigenvalue weighted by atomic mass is 16.5. The molecule has 1 aliphatic rings. The van der Waals surface area contributed by atoms with E-state index >= 15 is 0 Å². The molecule has 0 aliphatic carbocycles. The Kier molecular flexibility index (Phi) is 7.71. The van der Waals surface area contributed by atoms with Gasteiger partial charge in [-0.05, 0) is 47.9 Å². The van der Waals surface area contributed by atoms with Gasteiger partial charge in [-0.25, -0.2) is 0 Å². The number of piperidine rings is 1. The number of nitrogens with zero attached hydrogens (tertiary/aromatic N) is 2. The van der Waals surface area contributed by atoms with Gasteiger partial charge in [0.05, 0.1) is 0 Å². The van der Waals surface area contributed by atoms with Gasteiger partial charge in [0.25, 0.3) is 5.91 Å². The van der Waals surface area contributed by atoms with E-state index in [4.69, 9.17) is 10.5 Å². The molecule has 1 fully saturated rings. The maximum absolute atomic E-state index is 10.8. The highest BCUT2D eigenvalue weighted by Crippen LogP contribution is 2.32. The molecule has 1 saturated heterocycles. The number of benzene rings is 2. The van der Waals surface area contributed by atoms with Crippen LogP contribution in [-0.4, -0.2) is 50.1 Å². The van der Waals surface area contributed by atoms with Crippen molar-refractivity contribution in [3.05, 3.63) is 65.7 Å². The van der Waals surface area contributed by atoms with E-state index in [0.29, 0.717) is 17.6 Å². The molecule has 0 aromatic heterocycles. The zero-order valence-corrected chi connectivity index (χ0v) is 17.9. The van der Waals surface area contributed by atoms with Crippen LogP contribution in [0.1, 0.15) is 30.4 Å². The van der Waals surface area contributed by atoms with Crippen molar-refractivity contribution in [2.75, 3.05) is 33.3 Å². The number of hydrogen-bond donors (Lipinski definition) is 2. The number of aliphatic imine (C=N–C) groups is 1. The third-order valence-electron chi connectivity index (χ3n) is 5.65. The first-order valence-electron chi connectivity index (χ1n) is 10.6. The highest BCUT2D eigenvalue weighted by Gasteiger charge is 2.28. The van der Waals surface area contributed by atoms with E-state index in [2.05, 4.69) is 52.5 Å². The number of amides is 1. The summed E-state index contributed by atoms with van der Waals surface area (Å²) in [5.74, 6) is 2.33. The quantitative estimate of drug-likeness (QED) is 0.545. The average molecular weight is 409 g/mol. The van der Waals surface area contributed by atoms with E-state index in [-0.39, 0.29) is 6.61 Å². The van der Waals surface area contributed by atoms with Crippen molar-refractivity contribution < 1.29 is 9.53 Å². The standard InChI is InChI=1S/C24H32N4O2/c1-18-16-28(15-13-22(18)20-6-4-3-5-7-20)24(26-2)27-14-12-19-8-10-21(11-9-19)30-17-23(25)29/h3-11,18,22H,12-17H2,1-2H3,(H2,25,29)(H,26,27). The number of nitrogens with one attached hydrogen (secondary N) is 1. The van der Waals surface area contributed by atoms with Crippen LogP contribution in [0.2, 0.25) is 0 Å². The number of likely N-dealkylation sites (tertiary alicyclic amines) is 1. The fourth-order valence-corrected chi connectivity index (χ4v) is 4.09. The smallest absolute Gasteiger partial charge is 0.255 e. The summed E-state index contributed by atoms with van der Waals surface area (Å²) < 4.78 is 5.30. The molecule has 2 atom stereocenters. The van der Waals surface area contributed by atoms with Crippen LogP contribution >= 0.6 is 0 Å². The molecule has 3 rings (SSSR count). The Bertz CT molecular complexity index is 836. The van der Waals surface area contributed by atoms with E-state index in [1.54, 1.807) is 0 Å². The first-order chi connectivity index (χ1) is 14.6. The molecule has 2 unspecified atom stereocenters. The lowest BCUT2D eigenvalue weighted by Gasteiger charge is -2.39. The number of guanidine groups is 1. The monoisotopic (exact) mass is 408 g/mol. The molecule has 2 aromatic carbocycles. The van der Waals surface area contributed by atoms with Crippen LogP contribution in [0, 0.1) is 5.92 Å². The van der Waals surface area contributed by atoms with Gasteiger partial charge in [-0.1, -0.05) is 49.4 Å². The molecule has 6 nitrogen and oxygen atoms in total. The summed E-state index contributed by atoms with van der Waals surface area (Å²) in [5.41, 5.74) is 7.73. The fraction of sp³-hybridized carbons (Fsp3) is 0.417. The molecule has 1 heterocycles. The Morgan fingerprint density at radius 2 is 1.93 bits per heavy atom. The third kappa shape index (κ3) is 5.99. The van der Waals surface area contributed by atoms with Crippen molar-refractivity contribution in [1.82, 2.24) is 10.2 Å². The Morgan fingerprint density at radius 3 is 2.57 bits per heavy atom. The number of rotatable bonds is 7. The van der Waals surface area contributed by atoms with E-state index in [0.717, 1.165) is 38.4 Å². The average Bonchev–Trinajstić information content (AvgIpc) is 2.76. The predicted molar refractivity (Wildman–Crippen MR) is 121 cm³/mol. The lowest BCUT2D eigenvalue weighted by atomic mass is 9.82. The molecule has 2 aromatic rings. The Labute approximate surface area is 179 Å². The van der Waals surface area contributed by atoms with Gasteiger partial charge in [-0.2, -0.15) is 0 Å². The Balaban J connectivity index is 1.46. The van der Waals surface area contributed by atoms with Gasteiger partial charge in [0.15, 0.2) is 12.6 Å². The van der Waals surface area contributed by atoms with Gasteiger partial charge in [0.1, 0.15) is 5.75 Å². The normalized spacial score (nSPS) is 19.4. The van der Waals surface area contributed by atoms with Crippen molar-refractivity contribution in [3.8, 4) is 5.75 Å². The lowest BCUT2D eigenvalue weighted by molar-refractivity contribution is -0.119. The summed E-state index contributed by atoms with van der Waals surface area (Å²) in [5, 5.41) is 3.50. The number of carbonyl (C=O) groups excluding carboxylic acids is 1. The van der Waals surface area contributed by atoms with E-state index < -0.39 is 5.91 Å². The minimum atomic E-state index is -0.475. The van der Waals surface area contributed by atoms with E-state index in [1.807, 2.05) is 31.3 Å². The van der Waals surface area contributed by atoms with Gasteiger partial charge in [-0.3, -0.25) is 9.79 Å². The molecule has 0 radical (unpaired) electrons. The molecular weight excluding hydrogens is 376 g/mol. The fourth-order valence-electron chi connectivity index (χ4n) is 4.09. The molecule has 30 heavy (non-hydrogen) atoms. The summed E-state index contributed by atoms with van der Waals surface area (Å²) in [6.45, 7) is 5.05. The largest absolute Gasteiger partial charge is 0.484 e. The van der Waals surface area contributed by atoms with Crippen molar-refractivity contribution in [3.63, 3.8) is 0 Å². The van der Waals surface area contributed by atoms with Gasteiger partial charge in [-0.15, -0.1) is 0 Å². The second-order valence-electron chi connectivity index (χ2n) is 7.85. The summed E-state index contributed by atoms with van der Waals surface area (Å²) >= 11 is 0. The summed E-state index contributed by atoms with van der Waals surface area (Å²) in [4.78, 5) is 17.7. The predicted octanol–water partition coefficient (Wildman–Crippen LogP) is 2.79. The molecule has 3 N–H and O–H groups in total. The number of ether oxygens (including phenoxy) is 1. The topological polar surface area (TPSA) is 80.0 Å². The minimum absolute atomic E-state index is 0.101. The SMILES string of the molecule is CN=C(NCCc1ccc(OCC(N)=O)cc1)N1CCC(c2ccccc2)C(C)C1. The molecule has 0 saturated carbocycles. The van der Waals surface area contributed by atoms with Crippen LogP contribution in [0.5, 0.6) is 5.75 Å². The molecule has 6 heteroatoms. The maximum Gasteiger partial charge on any atom is 0.255 e. The molecule has 160 valence electrons. The van der Waals surface area contributed by atoms with Gasteiger partial charge < -0.3 is 20.7 Å². The first-order valence-corrected chi connectivity index (χ1v) is 10.6. The Morgan fingerprint density at radius 1 is 1.20 bits per heavy atom. The van der Waals surface area contributed by atoms with E-state index in [9.17, 15) is 4.79 Å². The van der Waals surface area contributed by atoms with Gasteiger partial charge in [0.2, 0.25) is 0 Å².